The second-order valence-corrected chi connectivity index (χ2v) is 6.12. The number of hydrogen-bond acceptors (Lipinski definition) is 4. The topological polar surface area (TPSA) is 75.5 Å². The zero-order valence-electron chi connectivity index (χ0n) is 13.0. The van der Waals surface area contributed by atoms with Gasteiger partial charge >= 0.3 is 0 Å². The number of aryl methyl sites for hydroxylation is 1. The van der Waals surface area contributed by atoms with E-state index in [0.29, 0.717) is 10.4 Å². The van der Waals surface area contributed by atoms with Crippen LogP contribution < -0.4 is 15.5 Å². The summed E-state index contributed by atoms with van der Waals surface area (Å²) >= 11 is 1.48. The Bertz CT molecular complexity index is 944. The molecule has 0 bridgehead atoms. The lowest BCUT2D eigenvalue weighted by Crippen LogP contribution is -2.35. The fraction of sp³-hybridized carbons (Fsp3) is 0.118. The maximum Gasteiger partial charge on any atom is 0.259 e. The largest absolute Gasteiger partial charge is 0.343 e. The van der Waals surface area contributed by atoms with Gasteiger partial charge in [-0.2, -0.15) is 0 Å². The Labute approximate surface area is 142 Å². The molecule has 2 N–H and O–H groups in total. The molecule has 0 saturated heterocycles. The normalized spacial score (nSPS) is 11.5. The fourth-order valence-electron chi connectivity index (χ4n) is 2.19. The predicted molar refractivity (Wildman–Crippen MR) is 93.3 cm³/mol. The molecule has 122 valence electrons. The molecule has 1 aromatic heterocycles. The maximum atomic E-state index is 11.9. The average Bonchev–Trinajstić information content (AvgIpc) is 2.95. The summed E-state index contributed by atoms with van der Waals surface area (Å²) in [5, 5.41) is 6.69. The number of hydrogen-bond donors (Lipinski definition) is 2. The molecule has 3 aromatic rings. The molecule has 0 aliphatic heterocycles. The molecule has 6 nitrogen and oxygen atoms in total. The fourth-order valence-corrected chi connectivity index (χ4v) is 3.17. The van der Waals surface area contributed by atoms with E-state index in [0.717, 1.165) is 10.2 Å². The van der Waals surface area contributed by atoms with E-state index >= 15 is 0 Å². The third-order valence-electron chi connectivity index (χ3n) is 3.44. The van der Waals surface area contributed by atoms with Gasteiger partial charge in [-0.25, -0.2) is 5.43 Å². The van der Waals surface area contributed by atoms with Crippen LogP contribution in [0.15, 0.2) is 59.7 Å². The monoisotopic (exact) mass is 340 g/mol. The van der Waals surface area contributed by atoms with Crippen molar-refractivity contribution in [2.24, 2.45) is 12.1 Å². The molecule has 0 atom stereocenters. The van der Waals surface area contributed by atoms with Crippen molar-refractivity contribution in [3.63, 3.8) is 0 Å². The van der Waals surface area contributed by atoms with Gasteiger partial charge in [0.05, 0.1) is 16.8 Å². The summed E-state index contributed by atoms with van der Waals surface area (Å²) in [4.78, 5) is 24.4. The third kappa shape index (κ3) is 3.52. The minimum absolute atomic E-state index is 0.133. The van der Waals surface area contributed by atoms with E-state index in [9.17, 15) is 9.59 Å². The first-order valence-corrected chi connectivity index (χ1v) is 8.17. The Morgan fingerprint density at radius 3 is 2.54 bits per heavy atom. The standard InChI is InChI=1S/C17H16N4O2S/c1-21-13-9-5-6-10-14(13)24-17(21)20-19-15(22)11-18-16(23)12-7-3-2-4-8-12/h2-10H,11H2,1H3,(H,18,23)(H,19,22)/b20-17-. The van der Waals surface area contributed by atoms with Crippen LogP contribution in [-0.2, 0) is 11.8 Å². The van der Waals surface area contributed by atoms with Crippen LogP contribution in [0.25, 0.3) is 10.2 Å². The molecule has 0 aliphatic rings. The van der Waals surface area contributed by atoms with Crippen LogP contribution >= 0.6 is 11.3 Å². The molecule has 0 saturated carbocycles. The summed E-state index contributed by atoms with van der Waals surface area (Å²) in [6.45, 7) is -0.133. The van der Waals surface area contributed by atoms with Gasteiger partial charge in [0.2, 0.25) is 4.80 Å². The Balaban J connectivity index is 1.62. The summed E-state index contributed by atoms with van der Waals surface area (Å²) < 4.78 is 2.99. The van der Waals surface area contributed by atoms with E-state index in [2.05, 4.69) is 15.8 Å². The highest BCUT2D eigenvalue weighted by Crippen LogP contribution is 2.14. The number of nitrogens with zero attached hydrogens (tertiary/aromatic N) is 2. The summed E-state index contributed by atoms with van der Waals surface area (Å²) in [7, 11) is 1.89. The van der Waals surface area contributed by atoms with Crippen LogP contribution in [0.3, 0.4) is 0 Å². The Morgan fingerprint density at radius 1 is 1.08 bits per heavy atom. The zero-order chi connectivity index (χ0) is 16.9. The molecule has 0 aliphatic carbocycles. The van der Waals surface area contributed by atoms with Gasteiger partial charge in [-0.15, -0.1) is 5.10 Å². The quantitative estimate of drug-likeness (QED) is 0.708. The van der Waals surface area contributed by atoms with E-state index in [1.54, 1.807) is 24.3 Å². The number of aromatic nitrogens is 1. The highest BCUT2D eigenvalue weighted by molar-refractivity contribution is 7.16. The van der Waals surface area contributed by atoms with Crippen molar-refractivity contribution < 1.29 is 9.59 Å². The first kappa shape index (κ1) is 15.9. The van der Waals surface area contributed by atoms with E-state index < -0.39 is 0 Å². The molecule has 7 heteroatoms. The lowest BCUT2D eigenvalue weighted by molar-refractivity contribution is -0.120. The van der Waals surface area contributed by atoms with Crippen LogP contribution in [-0.4, -0.2) is 22.9 Å². The maximum absolute atomic E-state index is 11.9. The molecule has 24 heavy (non-hydrogen) atoms. The molecule has 0 unspecified atom stereocenters. The van der Waals surface area contributed by atoms with Crippen molar-refractivity contribution in [2.75, 3.05) is 6.54 Å². The molecule has 2 aromatic carbocycles. The van der Waals surface area contributed by atoms with Gasteiger partial charge in [-0.1, -0.05) is 41.7 Å². The van der Waals surface area contributed by atoms with E-state index in [1.807, 2.05) is 41.9 Å². The van der Waals surface area contributed by atoms with E-state index in [-0.39, 0.29) is 18.4 Å². The molecule has 1 heterocycles. The number of carbonyl (C=O) groups is 2. The molecule has 0 spiro atoms. The Morgan fingerprint density at radius 2 is 1.79 bits per heavy atom. The van der Waals surface area contributed by atoms with Crippen molar-refractivity contribution in [1.29, 1.82) is 0 Å². The van der Waals surface area contributed by atoms with Crippen molar-refractivity contribution in [2.45, 2.75) is 0 Å². The molecule has 0 fully saturated rings. The first-order chi connectivity index (χ1) is 11.6. The smallest absolute Gasteiger partial charge is 0.259 e. The lowest BCUT2D eigenvalue weighted by Gasteiger charge is -2.03. The third-order valence-corrected chi connectivity index (χ3v) is 4.55. The van der Waals surface area contributed by atoms with Crippen LogP contribution in [0.4, 0.5) is 0 Å². The van der Waals surface area contributed by atoms with Gasteiger partial charge in [-0.3, -0.25) is 9.59 Å². The minimum atomic E-state index is -0.378. The lowest BCUT2D eigenvalue weighted by atomic mass is 10.2. The van der Waals surface area contributed by atoms with Gasteiger partial charge in [0.15, 0.2) is 0 Å². The minimum Gasteiger partial charge on any atom is -0.343 e. The van der Waals surface area contributed by atoms with E-state index in [4.69, 9.17) is 0 Å². The van der Waals surface area contributed by atoms with Crippen molar-refractivity contribution in [3.8, 4) is 0 Å². The number of amides is 2. The van der Waals surface area contributed by atoms with Crippen LogP contribution in [0.1, 0.15) is 10.4 Å². The summed E-state index contributed by atoms with van der Waals surface area (Å²) in [6, 6.07) is 16.7. The molecular formula is C17H16N4O2S. The van der Waals surface area contributed by atoms with Crippen molar-refractivity contribution in [1.82, 2.24) is 15.3 Å². The molecule has 2 amide bonds. The second-order valence-electron chi connectivity index (χ2n) is 5.11. The number of nitrogens with one attached hydrogen (secondary N) is 2. The van der Waals surface area contributed by atoms with Crippen LogP contribution in [0, 0.1) is 0 Å². The summed E-state index contributed by atoms with van der Waals surface area (Å²) in [5.74, 6) is -0.671. The Kier molecular flexibility index (Phi) is 4.72. The van der Waals surface area contributed by atoms with E-state index in [1.165, 1.54) is 11.3 Å². The molecule has 3 rings (SSSR count). The highest BCUT2D eigenvalue weighted by Gasteiger charge is 2.07. The molecular weight excluding hydrogens is 324 g/mol. The van der Waals surface area contributed by atoms with Gasteiger partial charge in [-0.05, 0) is 24.3 Å². The van der Waals surface area contributed by atoms with Crippen LogP contribution in [0.2, 0.25) is 0 Å². The Hall–Kier alpha value is -2.93. The van der Waals surface area contributed by atoms with Crippen LogP contribution in [0.5, 0.6) is 0 Å². The van der Waals surface area contributed by atoms with Gasteiger partial charge in [0.1, 0.15) is 0 Å². The summed E-state index contributed by atoms with van der Waals surface area (Å²) in [5.41, 5.74) is 4.03. The highest BCUT2D eigenvalue weighted by atomic mass is 32.1. The predicted octanol–water partition coefficient (Wildman–Crippen LogP) is 1.60. The second kappa shape index (κ2) is 7.10. The van der Waals surface area contributed by atoms with Gasteiger partial charge < -0.3 is 9.88 Å². The number of para-hydroxylation sites is 1. The van der Waals surface area contributed by atoms with Gasteiger partial charge in [0.25, 0.3) is 11.8 Å². The number of fused-ring (bicyclic) bond motifs is 1. The SMILES string of the molecule is Cn1/c(=N/NC(=O)CNC(=O)c2ccccc2)sc2ccccc21. The first-order valence-electron chi connectivity index (χ1n) is 7.35. The summed E-state index contributed by atoms with van der Waals surface area (Å²) in [6.07, 6.45) is 0. The number of thiazole rings is 1. The number of benzene rings is 2. The van der Waals surface area contributed by atoms with Crippen molar-refractivity contribution in [3.05, 3.63) is 65.0 Å². The zero-order valence-corrected chi connectivity index (χ0v) is 13.8. The number of rotatable bonds is 4. The van der Waals surface area contributed by atoms with Gasteiger partial charge in [0, 0.05) is 12.6 Å². The van der Waals surface area contributed by atoms with Crippen molar-refractivity contribution >= 4 is 33.4 Å². The molecule has 0 radical (unpaired) electrons. The number of carbonyl (C=O) groups excluding carboxylic acids is 2. The average molecular weight is 340 g/mol.